The van der Waals surface area contributed by atoms with Crippen LogP contribution in [0.5, 0.6) is 5.75 Å². The number of primary sulfonamides is 1. The number of sulfonamides is 1. The highest BCUT2D eigenvalue weighted by atomic mass is 32.2. The fourth-order valence-electron chi connectivity index (χ4n) is 6.02. The van der Waals surface area contributed by atoms with Gasteiger partial charge in [-0.05, 0) is 68.7 Å². The molecular weight excluding hydrogens is 453 g/mol. The standard InChI is InChI=1S/C24H31F3N2O3S/c1-15-21(33(28,30)31)13-20(29(15)14-16-5-3-2-4-6-16)17-11-18-22(19(12-17)24(25,26)27)32-10-9-23(18)7-8-23/h11-13,15-16,21H,2-10,14H2,1H3,(H2,28,30,31). The summed E-state index contributed by atoms with van der Waals surface area (Å²) in [5.41, 5.74) is 0.547. The van der Waals surface area contributed by atoms with Gasteiger partial charge < -0.3 is 9.64 Å². The van der Waals surface area contributed by atoms with E-state index in [0.717, 1.165) is 44.6 Å². The van der Waals surface area contributed by atoms with Crippen LogP contribution in [0.1, 0.15) is 75.0 Å². The van der Waals surface area contributed by atoms with Crippen LogP contribution in [0.25, 0.3) is 5.70 Å². The van der Waals surface area contributed by atoms with Crippen molar-refractivity contribution in [2.75, 3.05) is 13.2 Å². The van der Waals surface area contributed by atoms with E-state index in [1.165, 1.54) is 6.42 Å². The maximum Gasteiger partial charge on any atom is 0.419 e. The second kappa shape index (κ2) is 7.90. The number of nitrogens with zero attached hydrogens (tertiary/aromatic N) is 1. The number of nitrogens with two attached hydrogens (primary N) is 1. The van der Waals surface area contributed by atoms with Gasteiger partial charge in [-0.3, -0.25) is 0 Å². The van der Waals surface area contributed by atoms with E-state index in [1.807, 2.05) is 11.0 Å². The SMILES string of the molecule is CC1C(S(N)(=O)=O)C=C(c2cc(C(F)(F)F)c3c(c2)C2(CCO3)CC2)N1CC1CCCCC1. The van der Waals surface area contributed by atoms with E-state index in [0.29, 0.717) is 35.7 Å². The average Bonchev–Trinajstić information content (AvgIpc) is 3.44. The molecule has 2 atom stereocenters. The maximum absolute atomic E-state index is 14.1. The molecule has 5 nitrogen and oxygen atoms in total. The Kier molecular flexibility index (Phi) is 5.51. The molecular formula is C24H31F3N2O3S. The Labute approximate surface area is 193 Å². The van der Waals surface area contributed by atoms with Crippen LogP contribution in [0.15, 0.2) is 18.2 Å². The van der Waals surface area contributed by atoms with E-state index < -0.39 is 33.1 Å². The van der Waals surface area contributed by atoms with Crippen molar-refractivity contribution in [3.05, 3.63) is 34.9 Å². The number of rotatable bonds is 4. The Balaban J connectivity index is 1.62. The summed E-state index contributed by atoms with van der Waals surface area (Å²) in [5.74, 6) is 0.338. The van der Waals surface area contributed by atoms with Crippen LogP contribution < -0.4 is 9.88 Å². The highest BCUT2D eigenvalue weighted by Gasteiger charge is 2.51. The first-order valence-corrected chi connectivity index (χ1v) is 13.5. The van der Waals surface area contributed by atoms with Crippen molar-refractivity contribution in [2.24, 2.45) is 11.1 Å². The second-order valence-corrected chi connectivity index (χ2v) is 12.0. The predicted octanol–water partition coefficient (Wildman–Crippen LogP) is 4.80. The molecule has 0 amide bonds. The van der Waals surface area contributed by atoms with Gasteiger partial charge in [0.2, 0.25) is 10.0 Å². The molecule has 2 saturated carbocycles. The largest absolute Gasteiger partial charge is 0.493 e. The Morgan fingerprint density at radius 1 is 1.15 bits per heavy atom. The zero-order valence-corrected chi connectivity index (χ0v) is 19.6. The molecule has 2 aliphatic carbocycles. The molecule has 0 radical (unpaired) electrons. The van der Waals surface area contributed by atoms with Crippen molar-refractivity contribution in [3.63, 3.8) is 0 Å². The molecule has 2 unspecified atom stereocenters. The summed E-state index contributed by atoms with van der Waals surface area (Å²) in [6, 6.07) is 2.51. The Bertz CT molecular complexity index is 1060. The molecule has 5 rings (SSSR count). The number of hydrogen-bond acceptors (Lipinski definition) is 4. The van der Waals surface area contributed by atoms with Crippen LogP contribution in [0.4, 0.5) is 13.2 Å². The van der Waals surface area contributed by atoms with Gasteiger partial charge in [-0.15, -0.1) is 0 Å². The first-order chi connectivity index (χ1) is 15.5. The number of alkyl halides is 3. The monoisotopic (exact) mass is 484 g/mol. The summed E-state index contributed by atoms with van der Waals surface area (Å²) in [5, 5.41) is 4.58. The quantitative estimate of drug-likeness (QED) is 0.666. The minimum atomic E-state index is -4.56. The van der Waals surface area contributed by atoms with Crippen molar-refractivity contribution < 1.29 is 26.3 Å². The molecule has 1 aromatic carbocycles. The van der Waals surface area contributed by atoms with Crippen molar-refractivity contribution in [3.8, 4) is 5.75 Å². The lowest BCUT2D eigenvalue weighted by molar-refractivity contribution is -0.139. The molecule has 2 fully saturated rings. The fraction of sp³-hybridized carbons (Fsp3) is 0.667. The van der Waals surface area contributed by atoms with Crippen LogP contribution in [0, 0.1) is 5.92 Å². The molecule has 4 aliphatic rings. The molecule has 0 bridgehead atoms. The Hall–Kier alpha value is -1.74. The Morgan fingerprint density at radius 3 is 2.45 bits per heavy atom. The topological polar surface area (TPSA) is 72.6 Å². The number of hydrogen-bond donors (Lipinski definition) is 1. The highest BCUT2D eigenvalue weighted by molar-refractivity contribution is 7.90. The lowest BCUT2D eigenvalue weighted by Crippen LogP contribution is -2.42. The van der Waals surface area contributed by atoms with E-state index >= 15 is 0 Å². The van der Waals surface area contributed by atoms with Crippen LogP contribution in [0.3, 0.4) is 0 Å². The minimum absolute atomic E-state index is 0.0523. The van der Waals surface area contributed by atoms with Crippen LogP contribution in [-0.2, 0) is 21.6 Å². The van der Waals surface area contributed by atoms with Gasteiger partial charge in [0.15, 0.2) is 0 Å². The van der Waals surface area contributed by atoms with Crippen molar-refractivity contribution >= 4 is 15.7 Å². The number of fused-ring (bicyclic) bond motifs is 2. The van der Waals surface area contributed by atoms with Gasteiger partial charge in [-0.2, -0.15) is 13.2 Å². The lowest BCUT2D eigenvalue weighted by Gasteiger charge is -2.35. The van der Waals surface area contributed by atoms with Gasteiger partial charge in [-0.1, -0.05) is 19.3 Å². The average molecular weight is 485 g/mol. The summed E-state index contributed by atoms with van der Waals surface area (Å²) < 4.78 is 72.5. The van der Waals surface area contributed by atoms with E-state index in [1.54, 1.807) is 13.0 Å². The molecule has 9 heteroatoms. The molecule has 182 valence electrons. The first kappa shape index (κ1) is 23.0. The van der Waals surface area contributed by atoms with E-state index in [9.17, 15) is 21.6 Å². The molecule has 0 saturated heterocycles. The highest BCUT2D eigenvalue weighted by Crippen LogP contribution is 2.58. The summed E-state index contributed by atoms with van der Waals surface area (Å²) >= 11 is 0. The zero-order chi connectivity index (χ0) is 23.6. The molecule has 0 aromatic heterocycles. The van der Waals surface area contributed by atoms with Crippen molar-refractivity contribution in [1.29, 1.82) is 0 Å². The first-order valence-electron chi connectivity index (χ1n) is 11.9. The second-order valence-electron chi connectivity index (χ2n) is 10.3. The Morgan fingerprint density at radius 2 is 1.85 bits per heavy atom. The van der Waals surface area contributed by atoms with E-state index in [2.05, 4.69) is 0 Å². The smallest absolute Gasteiger partial charge is 0.419 e. The zero-order valence-electron chi connectivity index (χ0n) is 18.8. The predicted molar refractivity (Wildman–Crippen MR) is 120 cm³/mol. The third-order valence-electron chi connectivity index (χ3n) is 8.10. The van der Waals surface area contributed by atoms with Gasteiger partial charge in [0.25, 0.3) is 0 Å². The molecule has 2 heterocycles. The summed E-state index contributed by atoms with van der Waals surface area (Å²) in [6.07, 6.45) is 4.95. The van der Waals surface area contributed by atoms with Gasteiger partial charge in [0.05, 0.1) is 12.2 Å². The maximum atomic E-state index is 14.1. The molecule has 33 heavy (non-hydrogen) atoms. The van der Waals surface area contributed by atoms with Crippen molar-refractivity contribution in [1.82, 2.24) is 4.90 Å². The molecule has 2 aliphatic heterocycles. The number of benzene rings is 1. The number of ether oxygens (including phenoxy) is 1. The lowest BCUT2D eigenvalue weighted by atomic mass is 9.86. The third-order valence-corrected chi connectivity index (χ3v) is 9.39. The van der Waals surface area contributed by atoms with Crippen molar-refractivity contribution in [2.45, 2.75) is 81.2 Å². The minimum Gasteiger partial charge on any atom is -0.493 e. The fourth-order valence-corrected chi connectivity index (χ4v) is 7.04. The van der Waals surface area contributed by atoms with Gasteiger partial charge in [0.1, 0.15) is 11.0 Å². The van der Waals surface area contributed by atoms with Crippen LogP contribution >= 0.6 is 0 Å². The van der Waals surface area contributed by atoms with Gasteiger partial charge in [0, 0.05) is 29.3 Å². The van der Waals surface area contributed by atoms with Gasteiger partial charge in [-0.25, -0.2) is 13.6 Å². The summed E-state index contributed by atoms with van der Waals surface area (Å²) in [6.45, 7) is 2.71. The molecule has 1 spiro atoms. The van der Waals surface area contributed by atoms with E-state index in [4.69, 9.17) is 9.88 Å². The van der Waals surface area contributed by atoms with Crippen LogP contribution in [0.2, 0.25) is 0 Å². The normalized spacial score (nSPS) is 27.3. The summed E-state index contributed by atoms with van der Waals surface area (Å²) in [7, 11) is -3.90. The molecule has 2 N–H and O–H groups in total. The van der Waals surface area contributed by atoms with E-state index in [-0.39, 0.29) is 17.8 Å². The van der Waals surface area contributed by atoms with Crippen LogP contribution in [-0.4, -0.2) is 37.8 Å². The number of halogens is 3. The summed E-state index contributed by atoms with van der Waals surface area (Å²) in [4.78, 5) is 1.98. The third kappa shape index (κ3) is 4.16. The van der Waals surface area contributed by atoms with Gasteiger partial charge >= 0.3 is 6.18 Å². The molecule has 1 aromatic rings.